The SMILES string of the molecule is O=C1CCc2cc(C(O)c3sccc3Cl)ccc2N1. The predicted molar refractivity (Wildman–Crippen MR) is 76.8 cm³/mol. The summed E-state index contributed by atoms with van der Waals surface area (Å²) in [5, 5.41) is 15.6. The Morgan fingerprint density at radius 1 is 1.32 bits per heavy atom. The molecule has 0 fully saturated rings. The second-order valence-electron chi connectivity index (χ2n) is 4.50. The van der Waals surface area contributed by atoms with Crippen LogP contribution in [0.3, 0.4) is 0 Å². The third-order valence-electron chi connectivity index (χ3n) is 3.23. The first kappa shape index (κ1) is 12.7. The monoisotopic (exact) mass is 293 g/mol. The molecule has 1 aliphatic rings. The lowest BCUT2D eigenvalue weighted by Gasteiger charge is -2.19. The van der Waals surface area contributed by atoms with Crippen LogP contribution in [-0.4, -0.2) is 11.0 Å². The van der Waals surface area contributed by atoms with Crippen LogP contribution in [0.5, 0.6) is 0 Å². The van der Waals surface area contributed by atoms with E-state index in [0.29, 0.717) is 17.9 Å². The Labute approximate surface area is 119 Å². The van der Waals surface area contributed by atoms with Crippen LogP contribution in [0.25, 0.3) is 0 Å². The molecular formula is C14H12ClNO2S. The van der Waals surface area contributed by atoms with Gasteiger partial charge in [-0.2, -0.15) is 0 Å². The molecular weight excluding hydrogens is 282 g/mol. The van der Waals surface area contributed by atoms with Crippen molar-refractivity contribution in [3.8, 4) is 0 Å². The van der Waals surface area contributed by atoms with Crippen LogP contribution >= 0.6 is 22.9 Å². The standard InChI is InChI=1S/C14H12ClNO2S/c15-10-5-6-19-14(10)13(18)9-1-3-11-8(7-9)2-4-12(17)16-11/h1,3,5-7,13,18H,2,4H2,(H,16,17). The van der Waals surface area contributed by atoms with E-state index in [1.54, 1.807) is 6.07 Å². The molecule has 0 saturated heterocycles. The second kappa shape index (κ2) is 4.96. The number of thiophene rings is 1. The minimum atomic E-state index is -0.713. The van der Waals surface area contributed by atoms with Crippen molar-refractivity contribution in [2.75, 3.05) is 5.32 Å². The van der Waals surface area contributed by atoms with Gasteiger partial charge in [0.15, 0.2) is 0 Å². The summed E-state index contributed by atoms with van der Waals surface area (Å²) >= 11 is 7.48. The Morgan fingerprint density at radius 2 is 2.16 bits per heavy atom. The zero-order valence-corrected chi connectivity index (χ0v) is 11.6. The van der Waals surface area contributed by atoms with Crippen LogP contribution in [0.1, 0.15) is 28.5 Å². The van der Waals surface area contributed by atoms with E-state index in [1.807, 2.05) is 23.6 Å². The molecule has 1 aromatic heterocycles. The first-order chi connectivity index (χ1) is 9.15. The molecule has 1 unspecified atom stereocenters. The second-order valence-corrected chi connectivity index (χ2v) is 5.85. The van der Waals surface area contributed by atoms with E-state index in [2.05, 4.69) is 5.32 Å². The molecule has 0 aliphatic carbocycles. The van der Waals surface area contributed by atoms with Crippen molar-refractivity contribution in [3.05, 3.63) is 50.7 Å². The molecule has 5 heteroatoms. The Bertz CT molecular complexity index is 638. The van der Waals surface area contributed by atoms with E-state index in [9.17, 15) is 9.90 Å². The van der Waals surface area contributed by atoms with Crippen LogP contribution in [0, 0.1) is 0 Å². The molecule has 1 amide bonds. The summed E-state index contributed by atoms with van der Waals surface area (Å²) in [5.41, 5.74) is 2.70. The van der Waals surface area contributed by atoms with E-state index < -0.39 is 6.10 Å². The molecule has 2 aromatic rings. The highest BCUT2D eigenvalue weighted by atomic mass is 35.5. The van der Waals surface area contributed by atoms with Gasteiger partial charge in [0, 0.05) is 12.1 Å². The Morgan fingerprint density at radius 3 is 2.89 bits per heavy atom. The minimum Gasteiger partial charge on any atom is -0.383 e. The Hall–Kier alpha value is -1.36. The Balaban J connectivity index is 1.94. The molecule has 3 rings (SSSR count). The van der Waals surface area contributed by atoms with Crippen LogP contribution in [0.2, 0.25) is 5.02 Å². The maximum Gasteiger partial charge on any atom is 0.224 e. The number of aryl methyl sites for hydroxylation is 1. The van der Waals surface area contributed by atoms with Gasteiger partial charge >= 0.3 is 0 Å². The van der Waals surface area contributed by atoms with Crippen molar-refractivity contribution in [2.24, 2.45) is 0 Å². The molecule has 0 radical (unpaired) electrons. The number of hydrogen-bond donors (Lipinski definition) is 2. The molecule has 0 bridgehead atoms. The fourth-order valence-electron chi connectivity index (χ4n) is 2.23. The summed E-state index contributed by atoms with van der Waals surface area (Å²) in [5.74, 6) is 0.0436. The number of anilines is 1. The highest BCUT2D eigenvalue weighted by Gasteiger charge is 2.19. The number of carbonyl (C=O) groups excluding carboxylic acids is 1. The van der Waals surface area contributed by atoms with Crippen LogP contribution in [0.4, 0.5) is 5.69 Å². The van der Waals surface area contributed by atoms with Crippen molar-refractivity contribution in [2.45, 2.75) is 18.9 Å². The van der Waals surface area contributed by atoms with Crippen molar-refractivity contribution >= 4 is 34.5 Å². The van der Waals surface area contributed by atoms with E-state index in [4.69, 9.17) is 11.6 Å². The van der Waals surface area contributed by atoms with Gasteiger partial charge in [-0.25, -0.2) is 0 Å². The summed E-state index contributed by atoms with van der Waals surface area (Å²) in [6.45, 7) is 0. The van der Waals surface area contributed by atoms with Crippen LogP contribution in [-0.2, 0) is 11.2 Å². The summed E-state index contributed by atoms with van der Waals surface area (Å²) in [6, 6.07) is 7.39. The molecule has 98 valence electrons. The van der Waals surface area contributed by atoms with Gasteiger partial charge < -0.3 is 10.4 Å². The number of aliphatic hydroxyl groups is 1. The fourth-order valence-corrected chi connectivity index (χ4v) is 3.40. The molecule has 2 N–H and O–H groups in total. The first-order valence-electron chi connectivity index (χ1n) is 5.99. The average molecular weight is 294 g/mol. The number of amides is 1. The number of carbonyl (C=O) groups is 1. The maximum absolute atomic E-state index is 11.3. The van der Waals surface area contributed by atoms with Gasteiger partial charge in [0.2, 0.25) is 5.91 Å². The fraction of sp³-hybridized carbons (Fsp3) is 0.214. The van der Waals surface area contributed by atoms with Gasteiger partial charge in [0.25, 0.3) is 0 Å². The lowest BCUT2D eigenvalue weighted by Crippen LogP contribution is -2.19. The number of benzene rings is 1. The normalized spacial score (nSPS) is 15.8. The molecule has 2 heterocycles. The smallest absolute Gasteiger partial charge is 0.224 e. The van der Waals surface area contributed by atoms with Gasteiger partial charge in [-0.05, 0) is 35.1 Å². The van der Waals surface area contributed by atoms with E-state index >= 15 is 0 Å². The molecule has 1 aromatic carbocycles. The van der Waals surface area contributed by atoms with Gasteiger partial charge in [0.05, 0.1) is 9.90 Å². The lowest BCUT2D eigenvalue weighted by atomic mass is 9.98. The van der Waals surface area contributed by atoms with Gasteiger partial charge in [-0.3, -0.25) is 4.79 Å². The van der Waals surface area contributed by atoms with Crippen molar-refractivity contribution in [1.29, 1.82) is 0 Å². The molecule has 1 aliphatic heterocycles. The molecule has 0 saturated carbocycles. The zero-order chi connectivity index (χ0) is 13.4. The highest BCUT2D eigenvalue weighted by Crippen LogP contribution is 2.34. The Kier molecular flexibility index (Phi) is 3.31. The predicted octanol–water partition coefficient (Wildman–Crippen LogP) is 3.37. The number of aliphatic hydroxyl groups excluding tert-OH is 1. The zero-order valence-electron chi connectivity index (χ0n) is 10.0. The number of rotatable bonds is 2. The topological polar surface area (TPSA) is 49.3 Å². The molecule has 3 nitrogen and oxygen atoms in total. The van der Waals surface area contributed by atoms with Crippen molar-refractivity contribution in [3.63, 3.8) is 0 Å². The van der Waals surface area contributed by atoms with E-state index in [-0.39, 0.29) is 5.91 Å². The third-order valence-corrected chi connectivity index (χ3v) is 4.64. The largest absolute Gasteiger partial charge is 0.383 e. The number of nitrogens with one attached hydrogen (secondary N) is 1. The van der Waals surface area contributed by atoms with Crippen molar-refractivity contribution < 1.29 is 9.90 Å². The van der Waals surface area contributed by atoms with Gasteiger partial charge in [-0.1, -0.05) is 23.7 Å². The van der Waals surface area contributed by atoms with Gasteiger partial charge in [0.1, 0.15) is 6.10 Å². The summed E-state index contributed by atoms with van der Waals surface area (Å²) < 4.78 is 0. The third kappa shape index (κ3) is 2.39. The average Bonchev–Trinajstić information content (AvgIpc) is 2.83. The van der Waals surface area contributed by atoms with Crippen molar-refractivity contribution in [1.82, 2.24) is 0 Å². The number of fused-ring (bicyclic) bond motifs is 1. The number of hydrogen-bond acceptors (Lipinski definition) is 3. The minimum absolute atomic E-state index is 0.0436. The van der Waals surface area contributed by atoms with Crippen LogP contribution in [0.15, 0.2) is 29.6 Å². The lowest BCUT2D eigenvalue weighted by molar-refractivity contribution is -0.116. The first-order valence-corrected chi connectivity index (χ1v) is 7.24. The molecule has 1 atom stereocenters. The summed E-state index contributed by atoms with van der Waals surface area (Å²) in [4.78, 5) is 12.1. The summed E-state index contributed by atoms with van der Waals surface area (Å²) in [7, 11) is 0. The van der Waals surface area contributed by atoms with E-state index in [0.717, 1.165) is 21.7 Å². The summed E-state index contributed by atoms with van der Waals surface area (Å²) in [6.07, 6.45) is 0.488. The van der Waals surface area contributed by atoms with E-state index in [1.165, 1.54) is 11.3 Å². The maximum atomic E-state index is 11.3. The molecule has 19 heavy (non-hydrogen) atoms. The molecule has 0 spiro atoms. The quantitative estimate of drug-likeness (QED) is 0.892. The number of halogens is 1. The van der Waals surface area contributed by atoms with Crippen LogP contribution < -0.4 is 5.32 Å². The highest BCUT2D eigenvalue weighted by molar-refractivity contribution is 7.10. The van der Waals surface area contributed by atoms with Gasteiger partial charge in [-0.15, -0.1) is 11.3 Å².